The maximum atomic E-state index is 5.58. The van der Waals surface area contributed by atoms with E-state index in [9.17, 15) is 0 Å². The van der Waals surface area contributed by atoms with E-state index in [4.69, 9.17) is 12.2 Å². The van der Waals surface area contributed by atoms with E-state index in [1.807, 2.05) is 24.3 Å². The summed E-state index contributed by atoms with van der Waals surface area (Å²) >= 11 is 5.58. The van der Waals surface area contributed by atoms with E-state index < -0.39 is 0 Å². The van der Waals surface area contributed by atoms with Gasteiger partial charge in [-0.2, -0.15) is 0 Å². The lowest BCUT2D eigenvalue weighted by Gasteiger charge is -2.23. The highest BCUT2D eigenvalue weighted by atomic mass is 32.1. The second-order valence-electron chi connectivity index (χ2n) is 5.59. The largest absolute Gasteiger partial charge is 0.291 e. The van der Waals surface area contributed by atoms with E-state index in [0.29, 0.717) is 0 Å². The van der Waals surface area contributed by atoms with E-state index in [1.165, 1.54) is 5.56 Å². The van der Waals surface area contributed by atoms with E-state index in [2.05, 4.69) is 53.8 Å². The molecule has 0 radical (unpaired) electrons. The van der Waals surface area contributed by atoms with E-state index in [-0.39, 0.29) is 5.41 Å². The molecule has 3 rings (SSSR count). The molecule has 1 heterocycles. The standard InChI is InChI=1S/C17H18N2S/c1-17(12-14-8-4-2-5-9-14)13-19(18-16(17)20)15-10-6-3-7-11-15/h2-11H,12-13H2,1H3,(H,18,20). The summed E-state index contributed by atoms with van der Waals surface area (Å²) in [5.41, 5.74) is 5.81. The number of nitrogens with zero attached hydrogens (tertiary/aromatic N) is 1. The summed E-state index contributed by atoms with van der Waals surface area (Å²) in [4.78, 5) is 0.921. The van der Waals surface area contributed by atoms with Crippen LogP contribution in [-0.2, 0) is 6.42 Å². The van der Waals surface area contributed by atoms with Crippen molar-refractivity contribution in [1.82, 2.24) is 5.43 Å². The Morgan fingerprint density at radius 1 is 1.05 bits per heavy atom. The van der Waals surface area contributed by atoms with Gasteiger partial charge in [0.15, 0.2) is 0 Å². The average Bonchev–Trinajstić information content (AvgIpc) is 2.77. The van der Waals surface area contributed by atoms with Gasteiger partial charge < -0.3 is 0 Å². The van der Waals surface area contributed by atoms with Crippen LogP contribution >= 0.6 is 12.2 Å². The van der Waals surface area contributed by atoms with Gasteiger partial charge in [-0.15, -0.1) is 0 Å². The van der Waals surface area contributed by atoms with Gasteiger partial charge in [-0.05, 0) is 24.1 Å². The molecule has 0 aromatic heterocycles. The van der Waals surface area contributed by atoms with Crippen LogP contribution in [0, 0.1) is 5.41 Å². The van der Waals surface area contributed by atoms with Crippen molar-refractivity contribution in [2.45, 2.75) is 13.3 Å². The van der Waals surface area contributed by atoms with Crippen LogP contribution in [0.1, 0.15) is 12.5 Å². The minimum absolute atomic E-state index is 0.0213. The summed E-state index contributed by atoms with van der Waals surface area (Å²) < 4.78 is 0. The number of benzene rings is 2. The van der Waals surface area contributed by atoms with Crippen molar-refractivity contribution in [1.29, 1.82) is 0 Å². The van der Waals surface area contributed by atoms with Crippen LogP contribution in [0.25, 0.3) is 0 Å². The third kappa shape index (κ3) is 2.54. The highest BCUT2D eigenvalue weighted by Crippen LogP contribution is 2.31. The molecule has 2 aromatic carbocycles. The molecule has 1 aliphatic heterocycles. The quantitative estimate of drug-likeness (QED) is 0.866. The highest BCUT2D eigenvalue weighted by Gasteiger charge is 2.39. The fraction of sp³-hybridized carbons (Fsp3) is 0.235. The lowest BCUT2D eigenvalue weighted by Crippen LogP contribution is -2.32. The van der Waals surface area contributed by atoms with Crippen molar-refractivity contribution in [2.24, 2.45) is 5.41 Å². The Morgan fingerprint density at radius 2 is 1.65 bits per heavy atom. The molecule has 0 amide bonds. The number of nitrogens with one attached hydrogen (secondary N) is 1. The minimum Gasteiger partial charge on any atom is -0.291 e. The maximum Gasteiger partial charge on any atom is 0.102 e. The molecule has 1 unspecified atom stereocenters. The van der Waals surface area contributed by atoms with Gasteiger partial charge in [-0.1, -0.05) is 67.7 Å². The van der Waals surface area contributed by atoms with Crippen molar-refractivity contribution < 1.29 is 0 Å². The molecule has 1 aliphatic rings. The van der Waals surface area contributed by atoms with Crippen LogP contribution in [0.4, 0.5) is 5.69 Å². The van der Waals surface area contributed by atoms with Crippen molar-refractivity contribution in [3.8, 4) is 0 Å². The van der Waals surface area contributed by atoms with Crippen LogP contribution in [0.15, 0.2) is 60.7 Å². The van der Waals surface area contributed by atoms with E-state index in [0.717, 1.165) is 23.6 Å². The molecule has 102 valence electrons. The summed E-state index contributed by atoms with van der Waals surface area (Å²) in [5, 5.41) is 2.14. The summed E-state index contributed by atoms with van der Waals surface area (Å²) in [5.74, 6) is 0. The number of thiocarbonyl (C=S) groups is 1. The van der Waals surface area contributed by atoms with Gasteiger partial charge in [0, 0.05) is 5.41 Å². The number of para-hydroxylation sites is 1. The molecule has 0 spiro atoms. The number of hydrogen-bond donors (Lipinski definition) is 1. The van der Waals surface area contributed by atoms with Crippen molar-refractivity contribution in [3.05, 3.63) is 66.2 Å². The minimum atomic E-state index is -0.0213. The monoisotopic (exact) mass is 282 g/mol. The van der Waals surface area contributed by atoms with Crippen molar-refractivity contribution >= 4 is 22.9 Å². The Morgan fingerprint density at radius 3 is 2.30 bits per heavy atom. The van der Waals surface area contributed by atoms with Gasteiger partial charge >= 0.3 is 0 Å². The number of anilines is 1. The fourth-order valence-corrected chi connectivity index (χ4v) is 2.91. The summed E-state index contributed by atoms with van der Waals surface area (Å²) in [7, 11) is 0. The number of hydrazine groups is 1. The predicted octanol–water partition coefficient (Wildman–Crippen LogP) is 3.59. The Hall–Kier alpha value is -1.87. The van der Waals surface area contributed by atoms with E-state index in [1.54, 1.807) is 0 Å². The third-order valence-corrected chi connectivity index (χ3v) is 4.38. The van der Waals surface area contributed by atoms with Crippen LogP contribution < -0.4 is 10.4 Å². The Labute approximate surface area is 125 Å². The third-order valence-electron chi connectivity index (χ3n) is 3.80. The molecule has 0 bridgehead atoms. The fourth-order valence-electron chi connectivity index (χ4n) is 2.66. The zero-order valence-electron chi connectivity index (χ0n) is 11.5. The Balaban J connectivity index is 1.79. The molecule has 3 heteroatoms. The maximum absolute atomic E-state index is 5.58. The molecule has 1 saturated heterocycles. The summed E-state index contributed by atoms with van der Waals surface area (Å²) in [6.45, 7) is 3.13. The smallest absolute Gasteiger partial charge is 0.102 e. The van der Waals surface area contributed by atoms with Gasteiger partial charge in [-0.25, -0.2) is 0 Å². The first-order valence-corrected chi connectivity index (χ1v) is 7.26. The van der Waals surface area contributed by atoms with Gasteiger partial charge in [0.25, 0.3) is 0 Å². The topological polar surface area (TPSA) is 15.3 Å². The Kier molecular flexibility index (Phi) is 3.45. The lowest BCUT2D eigenvalue weighted by molar-refractivity contribution is 0.502. The van der Waals surface area contributed by atoms with Gasteiger partial charge in [0.05, 0.1) is 12.2 Å². The molecule has 1 atom stereocenters. The van der Waals surface area contributed by atoms with Crippen molar-refractivity contribution in [3.63, 3.8) is 0 Å². The molecule has 0 saturated carbocycles. The number of rotatable bonds is 3. The van der Waals surface area contributed by atoms with E-state index >= 15 is 0 Å². The van der Waals surface area contributed by atoms with Crippen LogP contribution in [0.3, 0.4) is 0 Å². The highest BCUT2D eigenvalue weighted by molar-refractivity contribution is 7.80. The second kappa shape index (κ2) is 5.25. The molecule has 0 aliphatic carbocycles. The molecule has 2 aromatic rings. The summed E-state index contributed by atoms with van der Waals surface area (Å²) in [6.07, 6.45) is 0.961. The zero-order chi connectivity index (χ0) is 14.0. The first-order chi connectivity index (χ1) is 9.67. The first kappa shape index (κ1) is 13.1. The van der Waals surface area contributed by atoms with Gasteiger partial charge in [0.2, 0.25) is 0 Å². The van der Waals surface area contributed by atoms with Crippen LogP contribution in [-0.4, -0.2) is 11.5 Å². The lowest BCUT2D eigenvalue weighted by atomic mass is 9.84. The zero-order valence-corrected chi connectivity index (χ0v) is 12.4. The van der Waals surface area contributed by atoms with Crippen LogP contribution in [0.2, 0.25) is 0 Å². The van der Waals surface area contributed by atoms with Crippen molar-refractivity contribution in [2.75, 3.05) is 11.6 Å². The average molecular weight is 282 g/mol. The molecule has 1 fully saturated rings. The molecule has 2 nitrogen and oxygen atoms in total. The predicted molar refractivity (Wildman–Crippen MR) is 87.8 cm³/mol. The second-order valence-corrected chi connectivity index (χ2v) is 5.99. The van der Waals surface area contributed by atoms with Gasteiger partial charge in [0.1, 0.15) is 4.99 Å². The Bertz CT molecular complexity index is 597. The molecular formula is C17H18N2S. The van der Waals surface area contributed by atoms with Crippen LogP contribution in [0.5, 0.6) is 0 Å². The van der Waals surface area contributed by atoms with Gasteiger partial charge in [-0.3, -0.25) is 10.4 Å². The SMILES string of the molecule is CC1(Cc2ccccc2)CN(c2ccccc2)NC1=S. The first-order valence-electron chi connectivity index (χ1n) is 6.85. The molecule has 1 N–H and O–H groups in total. The normalized spacial score (nSPS) is 21.9. The molecule has 20 heavy (non-hydrogen) atoms. The summed E-state index contributed by atoms with van der Waals surface area (Å²) in [6, 6.07) is 20.9. The number of hydrogen-bond acceptors (Lipinski definition) is 2. The molecular weight excluding hydrogens is 264 g/mol.